The summed E-state index contributed by atoms with van der Waals surface area (Å²) in [5, 5.41) is 3.22. The summed E-state index contributed by atoms with van der Waals surface area (Å²) in [5.41, 5.74) is 1.38. The van der Waals surface area contributed by atoms with Crippen molar-refractivity contribution in [2.24, 2.45) is 0 Å². The van der Waals surface area contributed by atoms with Crippen LogP contribution in [0.3, 0.4) is 0 Å². The number of amides is 1. The van der Waals surface area contributed by atoms with Gasteiger partial charge in [-0.3, -0.25) is 14.2 Å². The van der Waals surface area contributed by atoms with Gasteiger partial charge in [0.15, 0.2) is 0 Å². The van der Waals surface area contributed by atoms with Gasteiger partial charge in [0.25, 0.3) is 5.56 Å². The van der Waals surface area contributed by atoms with Gasteiger partial charge in [0.05, 0.1) is 30.0 Å². The predicted octanol–water partition coefficient (Wildman–Crippen LogP) is 1.61. The van der Waals surface area contributed by atoms with Crippen LogP contribution in [0.4, 0.5) is 0 Å². The van der Waals surface area contributed by atoms with Crippen LogP contribution in [-0.4, -0.2) is 15.5 Å². The number of nitrogens with zero attached hydrogens (tertiary/aromatic N) is 2. The number of benzene rings is 1. The highest BCUT2D eigenvalue weighted by atomic mass is 16.3. The van der Waals surface area contributed by atoms with E-state index in [9.17, 15) is 9.59 Å². The van der Waals surface area contributed by atoms with Gasteiger partial charge in [0, 0.05) is 0 Å². The molecule has 0 spiro atoms. The average Bonchev–Trinajstić information content (AvgIpc) is 3.02. The van der Waals surface area contributed by atoms with Crippen molar-refractivity contribution in [3.8, 4) is 0 Å². The molecule has 1 aromatic carbocycles. The van der Waals surface area contributed by atoms with E-state index in [-0.39, 0.29) is 18.0 Å². The summed E-state index contributed by atoms with van der Waals surface area (Å²) in [6, 6.07) is 8.94. The lowest BCUT2D eigenvalue weighted by atomic mass is 10.1. The number of aryl methyl sites for hydroxylation is 1. The van der Waals surface area contributed by atoms with Gasteiger partial charge in [-0.2, -0.15) is 0 Å². The first kappa shape index (κ1) is 14.1. The molecule has 0 aliphatic heterocycles. The minimum absolute atomic E-state index is 0.0730. The maximum Gasteiger partial charge on any atom is 0.261 e. The van der Waals surface area contributed by atoms with E-state index in [0.717, 1.165) is 5.56 Å². The first-order chi connectivity index (χ1) is 10.6. The molecule has 0 saturated carbocycles. The Morgan fingerprint density at radius 2 is 2.18 bits per heavy atom. The van der Waals surface area contributed by atoms with E-state index in [4.69, 9.17) is 4.42 Å². The largest absolute Gasteiger partial charge is 0.467 e. The van der Waals surface area contributed by atoms with E-state index in [1.54, 1.807) is 24.5 Å². The highest BCUT2D eigenvalue weighted by molar-refractivity contribution is 5.81. The van der Waals surface area contributed by atoms with Crippen molar-refractivity contribution in [2.75, 3.05) is 0 Å². The molecule has 2 heterocycles. The molecule has 0 fully saturated rings. The van der Waals surface area contributed by atoms with Gasteiger partial charge < -0.3 is 9.73 Å². The van der Waals surface area contributed by atoms with E-state index in [2.05, 4.69) is 10.3 Å². The van der Waals surface area contributed by atoms with Gasteiger partial charge >= 0.3 is 0 Å². The molecule has 1 N–H and O–H groups in total. The molecule has 6 heteroatoms. The molecule has 1 amide bonds. The number of furan rings is 1. The molecular weight excluding hydrogens is 282 g/mol. The van der Waals surface area contributed by atoms with Crippen molar-refractivity contribution in [1.29, 1.82) is 0 Å². The van der Waals surface area contributed by atoms with Crippen molar-refractivity contribution >= 4 is 16.8 Å². The van der Waals surface area contributed by atoms with Crippen LogP contribution in [0.25, 0.3) is 10.9 Å². The zero-order chi connectivity index (χ0) is 15.5. The minimum Gasteiger partial charge on any atom is -0.467 e. The summed E-state index contributed by atoms with van der Waals surface area (Å²) in [6.45, 7) is 2.12. The minimum atomic E-state index is -0.271. The van der Waals surface area contributed by atoms with Gasteiger partial charge in [-0.25, -0.2) is 4.98 Å². The molecule has 0 radical (unpaired) electrons. The van der Waals surface area contributed by atoms with Crippen molar-refractivity contribution < 1.29 is 9.21 Å². The monoisotopic (exact) mass is 297 g/mol. The number of hydrogen-bond acceptors (Lipinski definition) is 4. The Kier molecular flexibility index (Phi) is 3.74. The van der Waals surface area contributed by atoms with Crippen LogP contribution in [0, 0.1) is 6.92 Å². The fourth-order valence-corrected chi connectivity index (χ4v) is 2.26. The SMILES string of the molecule is Cc1cccc2c(=O)n(CC(=O)NCc3ccco3)cnc12. The van der Waals surface area contributed by atoms with Crippen molar-refractivity contribution in [2.45, 2.75) is 20.0 Å². The summed E-state index contributed by atoms with van der Waals surface area (Å²) in [6.07, 6.45) is 2.95. The van der Waals surface area contributed by atoms with Crippen LogP contribution in [0.15, 0.2) is 52.1 Å². The Bertz CT molecular complexity index is 866. The zero-order valence-corrected chi connectivity index (χ0v) is 12.1. The van der Waals surface area contributed by atoms with Crippen molar-refractivity contribution in [1.82, 2.24) is 14.9 Å². The molecule has 0 aliphatic carbocycles. The van der Waals surface area contributed by atoms with E-state index in [1.807, 2.05) is 19.1 Å². The molecule has 0 unspecified atom stereocenters. The second-order valence-electron chi connectivity index (χ2n) is 5.00. The predicted molar refractivity (Wildman–Crippen MR) is 81.3 cm³/mol. The van der Waals surface area contributed by atoms with Gasteiger partial charge in [-0.1, -0.05) is 12.1 Å². The van der Waals surface area contributed by atoms with E-state index < -0.39 is 0 Å². The number of para-hydroxylation sites is 1. The maximum atomic E-state index is 12.4. The highest BCUT2D eigenvalue weighted by Gasteiger charge is 2.09. The quantitative estimate of drug-likeness (QED) is 0.793. The average molecular weight is 297 g/mol. The summed E-state index contributed by atoms with van der Waals surface area (Å²) in [4.78, 5) is 28.6. The third-order valence-corrected chi connectivity index (χ3v) is 3.41. The van der Waals surface area contributed by atoms with Crippen LogP contribution in [-0.2, 0) is 17.9 Å². The van der Waals surface area contributed by atoms with Gasteiger partial charge in [0.1, 0.15) is 12.3 Å². The normalized spacial score (nSPS) is 10.8. The Balaban J connectivity index is 1.78. The van der Waals surface area contributed by atoms with E-state index in [1.165, 1.54) is 10.9 Å². The summed E-state index contributed by atoms with van der Waals surface area (Å²) in [5.74, 6) is 0.389. The summed E-state index contributed by atoms with van der Waals surface area (Å²) >= 11 is 0. The molecule has 22 heavy (non-hydrogen) atoms. The first-order valence-corrected chi connectivity index (χ1v) is 6.89. The molecule has 3 rings (SSSR count). The molecular formula is C16H15N3O3. The van der Waals surface area contributed by atoms with Crippen LogP contribution < -0.4 is 10.9 Å². The highest BCUT2D eigenvalue weighted by Crippen LogP contribution is 2.11. The van der Waals surface area contributed by atoms with E-state index in [0.29, 0.717) is 23.2 Å². The number of carbonyl (C=O) groups excluding carboxylic acids is 1. The van der Waals surface area contributed by atoms with Crippen molar-refractivity contribution in [3.05, 3.63) is 64.6 Å². The molecule has 0 aliphatic rings. The lowest BCUT2D eigenvalue weighted by Crippen LogP contribution is -2.32. The first-order valence-electron chi connectivity index (χ1n) is 6.89. The lowest BCUT2D eigenvalue weighted by molar-refractivity contribution is -0.121. The molecule has 0 atom stereocenters. The lowest BCUT2D eigenvalue weighted by Gasteiger charge is -2.08. The number of rotatable bonds is 4. The second-order valence-corrected chi connectivity index (χ2v) is 5.00. The number of fused-ring (bicyclic) bond motifs is 1. The molecule has 0 saturated heterocycles. The van der Waals surface area contributed by atoms with Crippen molar-refractivity contribution in [3.63, 3.8) is 0 Å². The Morgan fingerprint density at radius 3 is 2.95 bits per heavy atom. The van der Waals surface area contributed by atoms with E-state index >= 15 is 0 Å². The third-order valence-electron chi connectivity index (χ3n) is 3.41. The van der Waals surface area contributed by atoms with Crippen LogP contribution in [0.2, 0.25) is 0 Å². The molecule has 112 valence electrons. The zero-order valence-electron chi connectivity index (χ0n) is 12.1. The summed E-state index contributed by atoms with van der Waals surface area (Å²) < 4.78 is 6.44. The Labute approximate surface area is 126 Å². The standard InChI is InChI=1S/C16H15N3O3/c1-11-4-2-6-13-15(11)18-10-19(16(13)21)9-14(20)17-8-12-5-3-7-22-12/h2-7,10H,8-9H2,1H3,(H,17,20). The third kappa shape index (κ3) is 2.76. The number of aromatic nitrogens is 2. The van der Waals surface area contributed by atoms with Crippen LogP contribution in [0.1, 0.15) is 11.3 Å². The maximum absolute atomic E-state index is 12.4. The Morgan fingerprint density at radius 1 is 1.32 bits per heavy atom. The Hall–Kier alpha value is -2.89. The fraction of sp³-hybridized carbons (Fsp3) is 0.188. The smallest absolute Gasteiger partial charge is 0.261 e. The molecule has 3 aromatic rings. The number of nitrogens with one attached hydrogen (secondary N) is 1. The second kappa shape index (κ2) is 5.85. The van der Waals surface area contributed by atoms with Crippen LogP contribution >= 0.6 is 0 Å². The number of carbonyl (C=O) groups is 1. The van der Waals surface area contributed by atoms with Gasteiger partial charge in [-0.15, -0.1) is 0 Å². The molecule has 0 bridgehead atoms. The fourth-order valence-electron chi connectivity index (χ4n) is 2.26. The molecule has 6 nitrogen and oxygen atoms in total. The molecule has 2 aromatic heterocycles. The topological polar surface area (TPSA) is 77.1 Å². The van der Waals surface area contributed by atoms with Gasteiger partial charge in [-0.05, 0) is 30.7 Å². The number of hydrogen-bond donors (Lipinski definition) is 1. The van der Waals surface area contributed by atoms with Gasteiger partial charge in [0.2, 0.25) is 5.91 Å². The van der Waals surface area contributed by atoms with Crippen LogP contribution in [0.5, 0.6) is 0 Å². The summed E-state index contributed by atoms with van der Waals surface area (Å²) in [7, 11) is 0.